The lowest BCUT2D eigenvalue weighted by Gasteiger charge is -2.16. The van der Waals surface area contributed by atoms with Crippen LogP contribution in [0.4, 0.5) is 0 Å². The Morgan fingerprint density at radius 2 is 2.26 bits per heavy atom. The molecule has 0 spiro atoms. The fourth-order valence-corrected chi connectivity index (χ4v) is 2.37. The van der Waals surface area contributed by atoms with Crippen molar-refractivity contribution in [1.29, 1.82) is 0 Å². The van der Waals surface area contributed by atoms with E-state index in [1.165, 1.54) is 0 Å². The molecule has 1 atom stereocenters. The smallest absolute Gasteiger partial charge is 0.0847 e. The van der Waals surface area contributed by atoms with Crippen LogP contribution in [0.5, 0.6) is 0 Å². The lowest BCUT2D eigenvalue weighted by atomic mass is 10.0. The van der Waals surface area contributed by atoms with Gasteiger partial charge in [-0.3, -0.25) is 20.9 Å². The lowest BCUT2D eigenvalue weighted by molar-refractivity contribution is 0.505. The van der Waals surface area contributed by atoms with Gasteiger partial charge < -0.3 is 0 Å². The van der Waals surface area contributed by atoms with E-state index in [-0.39, 0.29) is 6.04 Å². The quantitative estimate of drug-likeness (QED) is 0.641. The Labute approximate surface area is 117 Å². The van der Waals surface area contributed by atoms with Crippen molar-refractivity contribution in [3.8, 4) is 0 Å². The third kappa shape index (κ3) is 3.32. The zero-order valence-electron chi connectivity index (χ0n) is 11.1. The van der Waals surface area contributed by atoms with Crippen LogP contribution in [0, 0.1) is 6.92 Å². The molecule has 1 unspecified atom stereocenters. The second kappa shape index (κ2) is 6.14. The third-order valence-electron chi connectivity index (χ3n) is 3.14. The molecule has 0 aromatic carbocycles. The Morgan fingerprint density at radius 1 is 1.47 bits per heavy atom. The molecule has 0 radical (unpaired) electrons. The van der Waals surface area contributed by atoms with E-state index >= 15 is 0 Å². The first-order valence-electron chi connectivity index (χ1n) is 6.14. The van der Waals surface area contributed by atoms with E-state index in [0.717, 1.165) is 29.8 Å². The van der Waals surface area contributed by atoms with E-state index in [2.05, 4.69) is 15.5 Å². The monoisotopic (exact) mass is 279 g/mol. The Kier molecular flexibility index (Phi) is 4.52. The SMILES string of the molecule is Cc1nn(C)c(CC(Cc2cccnc2)NN)c1Cl. The number of hydrazine groups is 1. The number of hydrogen-bond donors (Lipinski definition) is 2. The van der Waals surface area contributed by atoms with Gasteiger partial charge in [0.05, 0.1) is 16.4 Å². The van der Waals surface area contributed by atoms with Gasteiger partial charge in [0.15, 0.2) is 0 Å². The molecule has 5 nitrogen and oxygen atoms in total. The fraction of sp³-hybridized carbons (Fsp3) is 0.385. The van der Waals surface area contributed by atoms with Crippen molar-refractivity contribution in [2.45, 2.75) is 25.8 Å². The largest absolute Gasteiger partial charge is 0.271 e. The molecule has 3 N–H and O–H groups in total. The highest BCUT2D eigenvalue weighted by atomic mass is 35.5. The molecule has 2 heterocycles. The van der Waals surface area contributed by atoms with Crippen molar-refractivity contribution < 1.29 is 0 Å². The zero-order chi connectivity index (χ0) is 13.8. The molecule has 0 amide bonds. The van der Waals surface area contributed by atoms with Crippen LogP contribution in [0.25, 0.3) is 0 Å². The molecule has 6 heteroatoms. The summed E-state index contributed by atoms with van der Waals surface area (Å²) in [7, 11) is 1.89. The van der Waals surface area contributed by atoms with Crippen LogP contribution in [-0.2, 0) is 19.9 Å². The number of nitrogens with two attached hydrogens (primary N) is 1. The number of nitrogens with one attached hydrogen (secondary N) is 1. The Balaban J connectivity index is 2.11. The predicted molar refractivity (Wildman–Crippen MR) is 75.7 cm³/mol. The minimum atomic E-state index is 0.0940. The highest BCUT2D eigenvalue weighted by molar-refractivity contribution is 6.31. The van der Waals surface area contributed by atoms with Gasteiger partial charge in [0.1, 0.15) is 0 Å². The summed E-state index contributed by atoms with van der Waals surface area (Å²) in [5.74, 6) is 5.63. The Hall–Kier alpha value is -1.43. The predicted octanol–water partition coefficient (Wildman–Crippen LogP) is 1.39. The number of nitrogens with zero attached hydrogens (tertiary/aromatic N) is 3. The highest BCUT2D eigenvalue weighted by Crippen LogP contribution is 2.21. The lowest BCUT2D eigenvalue weighted by Crippen LogP contribution is -2.39. The fourth-order valence-electron chi connectivity index (χ4n) is 2.13. The van der Waals surface area contributed by atoms with E-state index in [0.29, 0.717) is 5.02 Å². The van der Waals surface area contributed by atoms with Gasteiger partial charge in [-0.25, -0.2) is 0 Å². The van der Waals surface area contributed by atoms with Crippen LogP contribution < -0.4 is 11.3 Å². The standard InChI is InChI=1S/C13H18ClN5/c1-9-13(14)12(19(2)18-9)7-11(17-15)6-10-4-3-5-16-8-10/h3-5,8,11,17H,6-7,15H2,1-2H3. The maximum Gasteiger partial charge on any atom is 0.0847 e. The van der Waals surface area contributed by atoms with Gasteiger partial charge in [0, 0.05) is 31.9 Å². The number of rotatable bonds is 5. The summed E-state index contributed by atoms with van der Waals surface area (Å²) >= 11 is 6.25. The van der Waals surface area contributed by atoms with Crippen molar-refractivity contribution >= 4 is 11.6 Å². The molecule has 0 saturated carbocycles. The summed E-state index contributed by atoms with van der Waals surface area (Å²) in [6.45, 7) is 1.90. The Bertz CT molecular complexity index is 537. The number of aromatic nitrogens is 3. The van der Waals surface area contributed by atoms with Crippen molar-refractivity contribution in [1.82, 2.24) is 20.2 Å². The number of halogens is 1. The summed E-state index contributed by atoms with van der Waals surface area (Å²) in [5, 5.41) is 5.03. The molecule has 0 bridgehead atoms. The molecule has 102 valence electrons. The van der Waals surface area contributed by atoms with Gasteiger partial charge in [0.2, 0.25) is 0 Å². The van der Waals surface area contributed by atoms with Gasteiger partial charge in [-0.15, -0.1) is 0 Å². The summed E-state index contributed by atoms with van der Waals surface area (Å²) in [5.41, 5.74) is 5.81. The van der Waals surface area contributed by atoms with E-state index in [9.17, 15) is 0 Å². The minimum Gasteiger partial charge on any atom is -0.271 e. The first-order valence-corrected chi connectivity index (χ1v) is 6.52. The summed E-state index contributed by atoms with van der Waals surface area (Å²) < 4.78 is 1.81. The topological polar surface area (TPSA) is 68.8 Å². The van der Waals surface area contributed by atoms with Crippen LogP contribution in [0.1, 0.15) is 17.0 Å². The van der Waals surface area contributed by atoms with Crippen LogP contribution in [0.2, 0.25) is 5.02 Å². The first kappa shape index (κ1) is 14.0. The molecular weight excluding hydrogens is 262 g/mol. The molecular formula is C13H18ClN5. The molecule has 0 aliphatic rings. The van der Waals surface area contributed by atoms with Crippen LogP contribution in [0.3, 0.4) is 0 Å². The van der Waals surface area contributed by atoms with Crippen molar-refractivity contribution in [3.63, 3.8) is 0 Å². The van der Waals surface area contributed by atoms with Gasteiger partial charge in [-0.05, 0) is 25.0 Å². The third-order valence-corrected chi connectivity index (χ3v) is 3.63. The van der Waals surface area contributed by atoms with Gasteiger partial charge in [-0.1, -0.05) is 17.7 Å². The second-order valence-corrected chi connectivity index (χ2v) is 4.98. The second-order valence-electron chi connectivity index (χ2n) is 4.60. The average Bonchev–Trinajstić information content (AvgIpc) is 2.65. The van der Waals surface area contributed by atoms with Gasteiger partial charge in [0.25, 0.3) is 0 Å². The molecule has 0 aliphatic heterocycles. The number of aryl methyl sites for hydroxylation is 2. The van der Waals surface area contributed by atoms with Gasteiger partial charge in [-0.2, -0.15) is 5.10 Å². The van der Waals surface area contributed by atoms with Crippen LogP contribution in [0.15, 0.2) is 24.5 Å². The molecule has 2 aromatic heterocycles. The van der Waals surface area contributed by atoms with E-state index in [1.807, 2.05) is 37.0 Å². The van der Waals surface area contributed by atoms with Crippen LogP contribution in [-0.4, -0.2) is 20.8 Å². The highest BCUT2D eigenvalue weighted by Gasteiger charge is 2.16. The molecule has 2 rings (SSSR count). The summed E-state index contributed by atoms with van der Waals surface area (Å²) in [6.07, 6.45) is 5.13. The van der Waals surface area contributed by atoms with Crippen LogP contribution >= 0.6 is 11.6 Å². The molecule has 0 saturated heterocycles. The normalized spacial score (nSPS) is 12.6. The molecule has 0 fully saturated rings. The van der Waals surface area contributed by atoms with E-state index < -0.39 is 0 Å². The zero-order valence-corrected chi connectivity index (χ0v) is 11.9. The number of pyridine rings is 1. The van der Waals surface area contributed by atoms with Crippen molar-refractivity contribution in [2.75, 3.05) is 0 Å². The molecule has 2 aromatic rings. The number of hydrogen-bond acceptors (Lipinski definition) is 4. The maximum absolute atomic E-state index is 6.25. The first-order chi connectivity index (χ1) is 9.11. The minimum absolute atomic E-state index is 0.0940. The molecule has 0 aliphatic carbocycles. The summed E-state index contributed by atoms with van der Waals surface area (Å²) in [4.78, 5) is 4.11. The molecule has 19 heavy (non-hydrogen) atoms. The van der Waals surface area contributed by atoms with E-state index in [4.69, 9.17) is 17.4 Å². The summed E-state index contributed by atoms with van der Waals surface area (Å²) in [6, 6.07) is 4.05. The Morgan fingerprint density at radius 3 is 2.79 bits per heavy atom. The maximum atomic E-state index is 6.25. The average molecular weight is 280 g/mol. The van der Waals surface area contributed by atoms with Crippen molar-refractivity contribution in [3.05, 3.63) is 46.5 Å². The van der Waals surface area contributed by atoms with Gasteiger partial charge >= 0.3 is 0 Å². The van der Waals surface area contributed by atoms with Crippen molar-refractivity contribution in [2.24, 2.45) is 12.9 Å². The van der Waals surface area contributed by atoms with E-state index in [1.54, 1.807) is 6.20 Å².